The van der Waals surface area contributed by atoms with Crippen molar-refractivity contribution in [2.24, 2.45) is 4.99 Å². The number of halogens is 2. The van der Waals surface area contributed by atoms with Crippen molar-refractivity contribution in [3.05, 3.63) is 46.7 Å². The third-order valence-electron chi connectivity index (χ3n) is 4.28. The third-order valence-corrected chi connectivity index (χ3v) is 4.50. The number of ether oxygens (including phenoxy) is 3. The van der Waals surface area contributed by atoms with E-state index in [1.807, 2.05) is 25.1 Å². The number of aliphatic imine (C=N–C) groups is 1. The number of nitrogens with zero attached hydrogens (tertiary/aromatic N) is 2. The van der Waals surface area contributed by atoms with Gasteiger partial charge in [-0.1, -0.05) is 23.7 Å². The lowest BCUT2D eigenvalue weighted by molar-refractivity contribution is 0.322. The fraction of sp³-hybridized carbons (Fsp3) is 0.429. The number of hydrogen-bond donors (Lipinski definition) is 2. The highest BCUT2D eigenvalue weighted by Gasteiger charge is 2.15. The Morgan fingerprint density at radius 1 is 1.00 bits per heavy atom. The maximum Gasteiger partial charge on any atom is 0.203 e. The molecule has 9 heteroatoms. The normalized spacial score (nSPS) is 10.8. The molecule has 0 aliphatic heterocycles. The van der Waals surface area contributed by atoms with Crippen LogP contribution in [0, 0.1) is 0 Å². The predicted molar refractivity (Wildman–Crippen MR) is 132 cm³/mol. The lowest BCUT2D eigenvalue weighted by atomic mass is 10.1. The van der Waals surface area contributed by atoms with Crippen molar-refractivity contribution in [3.63, 3.8) is 0 Å². The quantitative estimate of drug-likeness (QED) is 0.204. The van der Waals surface area contributed by atoms with Crippen molar-refractivity contribution in [2.75, 3.05) is 41.0 Å². The topological polar surface area (TPSA) is 77.0 Å². The standard InChI is InChI=1S/C21H29ClN4O3.HI/c1-5-23-21(24-12-10-15-6-9-18(22)26-14-15)25-13-11-16-7-8-17(27-2)20(29-4)19(16)28-3;/h6-9,14H,5,10-13H2,1-4H3,(H2,23,24,25);1H. The maximum absolute atomic E-state index is 5.82. The molecule has 1 heterocycles. The Morgan fingerprint density at radius 2 is 1.77 bits per heavy atom. The molecule has 1 aromatic heterocycles. The molecule has 2 rings (SSSR count). The lowest BCUT2D eigenvalue weighted by Gasteiger charge is -2.15. The second kappa shape index (κ2) is 14.1. The average Bonchev–Trinajstić information content (AvgIpc) is 2.74. The number of pyridine rings is 1. The Bertz CT molecular complexity index is 804. The van der Waals surface area contributed by atoms with Crippen molar-refractivity contribution in [3.8, 4) is 17.2 Å². The van der Waals surface area contributed by atoms with Gasteiger partial charge in [-0.2, -0.15) is 0 Å². The molecule has 0 aliphatic rings. The maximum atomic E-state index is 5.82. The van der Waals surface area contributed by atoms with E-state index in [0.717, 1.165) is 36.6 Å². The van der Waals surface area contributed by atoms with Crippen molar-refractivity contribution >= 4 is 41.5 Å². The van der Waals surface area contributed by atoms with E-state index in [-0.39, 0.29) is 24.0 Å². The highest BCUT2D eigenvalue weighted by molar-refractivity contribution is 14.0. The minimum Gasteiger partial charge on any atom is -0.493 e. The lowest BCUT2D eigenvalue weighted by Crippen LogP contribution is -2.38. The Hall–Kier alpha value is -1.94. The molecule has 0 spiro atoms. The van der Waals surface area contributed by atoms with Crippen LogP contribution in [0.3, 0.4) is 0 Å². The Balaban J connectivity index is 0.00000450. The molecule has 2 N–H and O–H groups in total. The molecule has 2 aromatic rings. The van der Waals surface area contributed by atoms with Crippen LogP contribution in [0.5, 0.6) is 17.2 Å². The molecule has 0 saturated carbocycles. The van der Waals surface area contributed by atoms with Gasteiger partial charge in [0.2, 0.25) is 5.75 Å². The SMILES string of the molecule is CCNC(=NCCc1ccc(OC)c(OC)c1OC)NCCc1ccc(Cl)nc1.I. The summed E-state index contributed by atoms with van der Waals surface area (Å²) in [4.78, 5) is 8.76. The van der Waals surface area contributed by atoms with Gasteiger partial charge in [0, 0.05) is 31.4 Å². The van der Waals surface area contributed by atoms with Crippen LogP contribution in [0.4, 0.5) is 0 Å². The second-order valence-electron chi connectivity index (χ2n) is 6.17. The van der Waals surface area contributed by atoms with E-state index < -0.39 is 0 Å². The van der Waals surface area contributed by atoms with Gasteiger partial charge in [0.1, 0.15) is 5.15 Å². The highest BCUT2D eigenvalue weighted by Crippen LogP contribution is 2.39. The van der Waals surface area contributed by atoms with Crippen molar-refractivity contribution in [1.82, 2.24) is 15.6 Å². The van der Waals surface area contributed by atoms with Gasteiger partial charge in [-0.3, -0.25) is 4.99 Å². The number of benzene rings is 1. The van der Waals surface area contributed by atoms with Gasteiger partial charge in [-0.05, 0) is 37.5 Å². The summed E-state index contributed by atoms with van der Waals surface area (Å²) in [5, 5.41) is 7.10. The molecule has 0 unspecified atom stereocenters. The zero-order valence-electron chi connectivity index (χ0n) is 17.8. The molecule has 0 saturated heterocycles. The molecule has 0 bridgehead atoms. The fourth-order valence-corrected chi connectivity index (χ4v) is 2.98. The largest absolute Gasteiger partial charge is 0.493 e. The zero-order valence-corrected chi connectivity index (χ0v) is 20.9. The van der Waals surface area contributed by atoms with E-state index >= 15 is 0 Å². The number of hydrogen-bond acceptors (Lipinski definition) is 5. The van der Waals surface area contributed by atoms with Crippen LogP contribution in [0.15, 0.2) is 35.5 Å². The van der Waals surface area contributed by atoms with E-state index in [1.54, 1.807) is 33.6 Å². The first kappa shape index (κ1) is 26.1. The van der Waals surface area contributed by atoms with Crippen molar-refractivity contribution < 1.29 is 14.2 Å². The fourth-order valence-electron chi connectivity index (χ4n) is 2.87. The molecular formula is C21H30ClIN4O3. The number of aromatic nitrogens is 1. The van der Waals surface area contributed by atoms with E-state index in [1.165, 1.54) is 0 Å². The highest BCUT2D eigenvalue weighted by atomic mass is 127. The first-order chi connectivity index (χ1) is 14.1. The summed E-state index contributed by atoms with van der Waals surface area (Å²) in [6.45, 7) is 4.17. The van der Waals surface area contributed by atoms with Crippen LogP contribution in [0.1, 0.15) is 18.1 Å². The molecule has 0 amide bonds. The van der Waals surface area contributed by atoms with Crippen LogP contribution in [0.2, 0.25) is 5.15 Å². The predicted octanol–water partition coefficient (Wildman–Crippen LogP) is 3.72. The molecule has 0 atom stereocenters. The number of nitrogens with one attached hydrogen (secondary N) is 2. The van der Waals surface area contributed by atoms with E-state index in [2.05, 4.69) is 20.6 Å². The van der Waals surface area contributed by atoms with Crippen molar-refractivity contribution in [1.29, 1.82) is 0 Å². The minimum atomic E-state index is 0. The van der Waals surface area contributed by atoms with Crippen LogP contribution < -0.4 is 24.8 Å². The monoisotopic (exact) mass is 548 g/mol. The number of guanidine groups is 1. The molecule has 0 fully saturated rings. The minimum absolute atomic E-state index is 0. The third kappa shape index (κ3) is 7.71. The van der Waals surface area contributed by atoms with E-state index in [9.17, 15) is 0 Å². The second-order valence-corrected chi connectivity index (χ2v) is 6.56. The van der Waals surface area contributed by atoms with Gasteiger partial charge in [-0.25, -0.2) is 4.98 Å². The number of rotatable bonds is 10. The van der Waals surface area contributed by atoms with E-state index in [4.69, 9.17) is 25.8 Å². The summed E-state index contributed by atoms with van der Waals surface area (Å²) in [7, 11) is 4.84. The molecule has 30 heavy (non-hydrogen) atoms. The van der Waals surface area contributed by atoms with Gasteiger partial charge in [0.15, 0.2) is 17.5 Å². The molecule has 0 radical (unpaired) electrons. The molecular weight excluding hydrogens is 519 g/mol. The summed E-state index contributed by atoms with van der Waals surface area (Å²) >= 11 is 5.82. The van der Waals surface area contributed by atoms with Crippen molar-refractivity contribution in [2.45, 2.75) is 19.8 Å². The van der Waals surface area contributed by atoms with Crippen LogP contribution in [0.25, 0.3) is 0 Å². The Kier molecular flexibility index (Phi) is 12.3. The van der Waals surface area contributed by atoms with Gasteiger partial charge in [0.25, 0.3) is 0 Å². The van der Waals surface area contributed by atoms with Gasteiger partial charge in [-0.15, -0.1) is 24.0 Å². The molecule has 166 valence electrons. The van der Waals surface area contributed by atoms with Crippen LogP contribution >= 0.6 is 35.6 Å². The zero-order chi connectivity index (χ0) is 21.1. The smallest absolute Gasteiger partial charge is 0.203 e. The van der Waals surface area contributed by atoms with Crippen LogP contribution in [-0.4, -0.2) is 51.9 Å². The van der Waals surface area contributed by atoms with Gasteiger partial charge in [0.05, 0.1) is 21.3 Å². The summed E-state index contributed by atoms with van der Waals surface area (Å²) in [5.41, 5.74) is 2.13. The van der Waals surface area contributed by atoms with Crippen LogP contribution in [-0.2, 0) is 12.8 Å². The summed E-state index contributed by atoms with van der Waals surface area (Å²) < 4.78 is 16.3. The average molecular weight is 549 g/mol. The van der Waals surface area contributed by atoms with E-state index in [0.29, 0.717) is 35.4 Å². The molecule has 7 nitrogen and oxygen atoms in total. The van der Waals surface area contributed by atoms with Gasteiger partial charge >= 0.3 is 0 Å². The summed E-state index contributed by atoms with van der Waals surface area (Å²) in [5.74, 6) is 2.69. The summed E-state index contributed by atoms with van der Waals surface area (Å²) in [6, 6.07) is 7.63. The molecule has 1 aromatic carbocycles. The first-order valence-corrected chi connectivity index (χ1v) is 9.91. The molecule has 0 aliphatic carbocycles. The number of methoxy groups -OCH3 is 3. The Morgan fingerprint density at radius 3 is 2.37 bits per heavy atom. The Labute approximate surface area is 200 Å². The first-order valence-electron chi connectivity index (χ1n) is 9.53. The summed E-state index contributed by atoms with van der Waals surface area (Å²) in [6.07, 6.45) is 3.33. The van der Waals surface area contributed by atoms with Gasteiger partial charge < -0.3 is 24.8 Å².